The quantitative estimate of drug-likeness (QED) is 0.798. The van der Waals surface area contributed by atoms with Crippen molar-refractivity contribution in [2.75, 3.05) is 20.8 Å². The molecule has 138 valence electrons. The summed E-state index contributed by atoms with van der Waals surface area (Å²) in [7, 11) is 2.78. The summed E-state index contributed by atoms with van der Waals surface area (Å²) in [4.78, 5) is 25.6. The van der Waals surface area contributed by atoms with Crippen molar-refractivity contribution in [3.05, 3.63) is 54.1 Å². The largest absolute Gasteiger partial charge is 0.508 e. The van der Waals surface area contributed by atoms with Crippen LogP contribution in [0.1, 0.15) is 18.5 Å². The van der Waals surface area contributed by atoms with Gasteiger partial charge in [-0.3, -0.25) is 9.69 Å². The molecule has 0 radical (unpaired) electrons. The Morgan fingerprint density at radius 3 is 2.31 bits per heavy atom. The zero-order chi connectivity index (χ0) is 19.1. The molecule has 7 nitrogen and oxygen atoms in total. The van der Waals surface area contributed by atoms with Gasteiger partial charge in [0.1, 0.15) is 23.8 Å². The van der Waals surface area contributed by atoms with E-state index in [-0.39, 0.29) is 12.3 Å². The van der Waals surface area contributed by atoms with Crippen molar-refractivity contribution < 1.29 is 28.9 Å². The summed E-state index contributed by atoms with van der Waals surface area (Å²) >= 11 is 0. The molecule has 0 unspecified atom stereocenters. The van der Waals surface area contributed by atoms with E-state index < -0.39 is 18.1 Å². The number of phenols is 1. The molecule has 1 amide bonds. The van der Waals surface area contributed by atoms with Gasteiger partial charge in [-0.05, 0) is 48.9 Å². The predicted octanol–water partition coefficient (Wildman–Crippen LogP) is 3.14. The maximum Gasteiger partial charge on any atom is 0.416 e. The van der Waals surface area contributed by atoms with Crippen molar-refractivity contribution in [2.45, 2.75) is 13.0 Å². The Labute approximate surface area is 151 Å². The van der Waals surface area contributed by atoms with Gasteiger partial charge in [-0.1, -0.05) is 12.1 Å². The normalized spacial score (nSPS) is 11.3. The molecule has 0 aliphatic heterocycles. The highest BCUT2D eigenvalue weighted by molar-refractivity contribution is 5.79. The summed E-state index contributed by atoms with van der Waals surface area (Å²) < 4.78 is 15.1. The third-order valence-electron chi connectivity index (χ3n) is 3.85. The van der Waals surface area contributed by atoms with Gasteiger partial charge in [-0.15, -0.1) is 0 Å². The van der Waals surface area contributed by atoms with Crippen molar-refractivity contribution in [3.63, 3.8) is 0 Å². The molecule has 0 saturated carbocycles. The first-order chi connectivity index (χ1) is 12.4. The fourth-order valence-corrected chi connectivity index (χ4v) is 2.33. The average molecular weight is 359 g/mol. The number of carbonyl (C=O) groups is 2. The molecule has 1 atom stereocenters. The second kappa shape index (κ2) is 8.75. The zero-order valence-electron chi connectivity index (χ0n) is 14.8. The summed E-state index contributed by atoms with van der Waals surface area (Å²) in [5.74, 6) is 0.428. The van der Waals surface area contributed by atoms with E-state index in [9.17, 15) is 14.7 Å². The Bertz CT molecular complexity index is 759. The molecule has 0 bridgehead atoms. The van der Waals surface area contributed by atoms with Crippen LogP contribution in [0.5, 0.6) is 17.2 Å². The number of ether oxygens (including phenoxy) is 3. The fraction of sp³-hybridized carbons (Fsp3) is 0.263. The zero-order valence-corrected chi connectivity index (χ0v) is 14.8. The third-order valence-corrected chi connectivity index (χ3v) is 3.85. The second-order valence-corrected chi connectivity index (χ2v) is 5.52. The van der Waals surface area contributed by atoms with E-state index in [0.29, 0.717) is 17.1 Å². The van der Waals surface area contributed by atoms with Gasteiger partial charge in [-0.2, -0.15) is 0 Å². The van der Waals surface area contributed by atoms with Crippen molar-refractivity contribution in [2.24, 2.45) is 0 Å². The maximum absolute atomic E-state index is 12.6. The van der Waals surface area contributed by atoms with Crippen molar-refractivity contribution in [1.29, 1.82) is 0 Å². The van der Waals surface area contributed by atoms with Gasteiger partial charge in [0.15, 0.2) is 0 Å². The molecule has 2 rings (SSSR count). The molecule has 1 N–H and O–H groups in total. The van der Waals surface area contributed by atoms with Crippen LogP contribution in [0.3, 0.4) is 0 Å². The van der Waals surface area contributed by atoms with Gasteiger partial charge in [-0.25, -0.2) is 4.79 Å². The molecule has 0 aliphatic carbocycles. The number of benzene rings is 2. The minimum absolute atomic E-state index is 0.0656. The van der Waals surface area contributed by atoms with E-state index in [1.165, 1.54) is 31.3 Å². The van der Waals surface area contributed by atoms with Gasteiger partial charge < -0.3 is 19.3 Å². The van der Waals surface area contributed by atoms with Crippen LogP contribution in [0.4, 0.5) is 4.79 Å². The minimum Gasteiger partial charge on any atom is -0.508 e. The Morgan fingerprint density at radius 1 is 1.08 bits per heavy atom. The molecule has 0 fully saturated rings. The second-order valence-electron chi connectivity index (χ2n) is 5.52. The molecule has 26 heavy (non-hydrogen) atoms. The highest BCUT2D eigenvalue weighted by Crippen LogP contribution is 2.25. The van der Waals surface area contributed by atoms with Gasteiger partial charge in [0, 0.05) is 0 Å². The van der Waals surface area contributed by atoms with Crippen molar-refractivity contribution in [3.8, 4) is 17.2 Å². The van der Waals surface area contributed by atoms with Crippen molar-refractivity contribution in [1.82, 2.24) is 4.90 Å². The van der Waals surface area contributed by atoms with Crippen LogP contribution in [0, 0.1) is 0 Å². The van der Waals surface area contributed by atoms with Crippen LogP contribution in [0.25, 0.3) is 0 Å². The molecule has 0 spiro atoms. The first-order valence-electron chi connectivity index (χ1n) is 7.93. The number of carbonyl (C=O) groups excluding carboxylic acids is 2. The summed E-state index contributed by atoms with van der Waals surface area (Å²) in [5, 5.41) is 9.66. The van der Waals surface area contributed by atoms with Gasteiger partial charge in [0.25, 0.3) is 0 Å². The molecule has 0 aliphatic rings. The lowest BCUT2D eigenvalue weighted by Gasteiger charge is -2.27. The monoisotopic (exact) mass is 359 g/mol. The number of hydrogen-bond acceptors (Lipinski definition) is 6. The number of methoxy groups -OCH3 is 2. The number of hydrogen-bond donors (Lipinski definition) is 1. The Kier molecular flexibility index (Phi) is 6.43. The maximum atomic E-state index is 12.6. The van der Waals surface area contributed by atoms with E-state index in [2.05, 4.69) is 4.74 Å². The third kappa shape index (κ3) is 4.89. The summed E-state index contributed by atoms with van der Waals surface area (Å²) in [6.07, 6.45) is -0.712. The van der Waals surface area contributed by atoms with Crippen molar-refractivity contribution >= 4 is 12.1 Å². The lowest BCUT2D eigenvalue weighted by Crippen LogP contribution is -2.40. The van der Waals surface area contributed by atoms with Crippen LogP contribution in [0.2, 0.25) is 0 Å². The Hall–Kier alpha value is -3.22. The molecule has 0 aromatic heterocycles. The van der Waals surface area contributed by atoms with Gasteiger partial charge >= 0.3 is 12.1 Å². The van der Waals surface area contributed by atoms with Gasteiger partial charge in [0.05, 0.1) is 20.3 Å². The van der Waals surface area contributed by atoms with Crippen LogP contribution < -0.4 is 9.47 Å². The Morgan fingerprint density at radius 2 is 1.73 bits per heavy atom. The standard InChI is InChI=1S/C19H21NO6/c1-13(14-5-4-6-15(21)11-14)20(12-18(22)25-3)19(23)26-17-9-7-16(24-2)8-10-17/h4-11,13,21H,12H2,1-3H3/t13-/m0/s1. The minimum atomic E-state index is -0.712. The van der Waals surface area contributed by atoms with Crippen LogP contribution in [0.15, 0.2) is 48.5 Å². The number of nitrogens with zero attached hydrogens (tertiary/aromatic N) is 1. The SMILES string of the molecule is COC(=O)CN(C(=O)Oc1ccc(OC)cc1)[C@@H](C)c1cccc(O)c1. The molecular weight excluding hydrogens is 338 g/mol. The first kappa shape index (κ1) is 19.1. The predicted molar refractivity (Wildman–Crippen MR) is 94.3 cm³/mol. The fourth-order valence-electron chi connectivity index (χ4n) is 2.33. The van der Waals surface area contributed by atoms with E-state index in [1.54, 1.807) is 43.3 Å². The summed E-state index contributed by atoms with van der Waals surface area (Å²) in [6.45, 7) is 1.44. The van der Waals surface area contributed by atoms with E-state index in [0.717, 1.165) is 0 Å². The number of phenolic OH excluding ortho intramolecular Hbond substituents is 1. The van der Waals surface area contributed by atoms with Crippen LogP contribution >= 0.6 is 0 Å². The molecule has 0 heterocycles. The topological polar surface area (TPSA) is 85.3 Å². The average Bonchev–Trinajstić information content (AvgIpc) is 2.65. The van der Waals surface area contributed by atoms with E-state index >= 15 is 0 Å². The molecule has 0 saturated heterocycles. The van der Waals surface area contributed by atoms with Gasteiger partial charge in [0.2, 0.25) is 0 Å². The lowest BCUT2D eigenvalue weighted by molar-refractivity contribution is -0.141. The number of aromatic hydroxyl groups is 1. The van der Waals surface area contributed by atoms with E-state index in [1.807, 2.05) is 0 Å². The number of esters is 1. The van der Waals surface area contributed by atoms with E-state index in [4.69, 9.17) is 9.47 Å². The highest BCUT2D eigenvalue weighted by atomic mass is 16.6. The Balaban J connectivity index is 2.21. The lowest BCUT2D eigenvalue weighted by atomic mass is 10.1. The smallest absolute Gasteiger partial charge is 0.416 e. The molecule has 7 heteroatoms. The highest BCUT2D eigenvalue weighted by Gasteiger charge is 2.26. The molecule has 2 aromatic rings. The summed E-state index contributed by atoms with van der Waals surface area (Å²) in [5.41, 5.74) is 0.653. The summed E-state index contributed by atoms with van der Waals surface area (Å²) in [6, 6.07) is 12.4. The molecular formula is C19H21NO6. The first-order valence-corrected chi connectivity index (χ1v) is 7.93. The van der Waals surface area contributed by atoms with Crippen LogP contribution in [-0.4, -0.2) is 42.8 Å². The molecule has 2 aromatic carbocycles. The van der Waals surface area contributed by atoms with Crippen LogP contribution in [-0.2, 0) is 9.53 Å². The number of amides is 1. The number of rotatable bonds is 6.